The Labute approximate surface area is 111 Å². The Morgan fingerprint density at radius 2 is 1.89 bits per heavy atom. The minimum atomic E-state index is -0.441. The molecule has 1 N–H and O–H groups in total. The van der Waals surface area contributed by atoms with Crippen molar-refractivity contribution in [1.82, 2.24) is 4.98 Å². The minimum Gasteiger partial charge on any atom is -0.465 e. The molecule has 1 heterocycles. The van der Waals surface area contributed by atoms with E-state index in [9.17, 15) is 4.79 Å². The van der Waals surface area contributed by atoms with Crippen LogP contribution in [0.4, 0.5) is 5.69 Å². The summed E-state index contributed by atoms with van der Waals surface area (Å²) in [7, 11) is 3.17. The highest BCUT2D eigenvalue weighted by molar-refractivity contribution is 5.89. The van der Waals surface area contributed by atoms with Crippen molar-refractivity contribution in [1.29, 1.82) is 0 Å². The van der Waals surface area contributed by atoms with Gasteiger partial charge in [0.25, 0.3) is 0 Å². The zero-order valence-electron chi connectivity index (χ0n) is 10.7. The summed E-state index contributed by atoms with van der Waals surface area (Å²) in [6, 6.07) is 9.04. The van der Waals surface area contributed by atoms with Crippen molar-refractivity contribution in [3.05, 3.63) is 48.3 Å². The molecule has 0 unspecified atom stereocenters. The predicted molar refractivity (Wildman–Crippen MR) is 71.6 cm³/mol. The van der Waals surface area contributed by atoms with Gasteiger partial charge in [0.2, 0.25) is 0 Å². The largest absolute Gasteiger partial charge is 0.465 e. The molecule has 1 aromatic carbocycles. The van der Waals surface area contributed by atoms with Gasteiger partial charge in [-0.15, -0.1) is 0 Å². The van der Waals surface area contributed by atoms with E-state index in [1.54, 1.807) is 12.3 Å². The molecule has 19 heavy (non-hydrogen) atoms. The van der Waals surface area contributed by atoms with Crippen LogP contribution in [0.1, 0.15) is 10.4 Å². The first-order chi connectivity index (χ1) is 9.22. The third kappa shape index (κ3) is 3.22. The van der Waals surface area contributed by atoms with E-state index < -0.39 is 5.97 Å². The highest BCUT2D eigenvalue weighted by Gasteiger charge is 2.07. The first-order valence-electron chi connectivity index (χ1n) is 5.72. The molecule has 5 heteroatoms. The van der Waals surface area contributed by atoms with Crippen LogP contribution in [0.2, 0.25) is 0 Å². The van der Waals surface area contributed by atoms with Gasteiger partial charge in [-0.05, 0) is 30.3 Å². The van der Waals surface area contributed by atoms with Crippen molar-refractivity contribution in [2.45, 2.75) is 0 Å². The molecule has 0 fully saturated rings. The van der Waals surface area contributed by atoms with Gasteiger partial charge < -0.3 is 14.8 Å². The molecule has 2 aromatic rings. The van der Waals surface area contributed by atoms with Gasteiger partial charge in [0.1, 0.15) is 11.5 Å². The lowest BCUT2D eigenvalue weighted by Gasteiger charge is -2.07. The summed E-state index contributed by atoms with van der Waals surface area (Å²) < 4.78 is 10.2. The number of nitrogens with zero attached hydrogens (tertiary/aromatic N) is 1. The van der Waals surface area contributed by atoms with Gasteiger partial charge in [0.05, 0.1) is 18.9 Å². The number of benzene rings is 1. The van der Waals surface area contributed by atoms with Crippen molar-refractivity contribution in [2.75, 3.05) is 19.5 Å². The molecular weight excluding hydrogens is 244 g/mol. The summed E-state index contributed by atoms with van der Waals surface area (Å²) in [5, 5.41) is 3.02. The molecular formula is C14H14N2O3. The molecule has 0 atom stereocenters. The normalized spacial score (nSPS) is 9.79. The lowest BCUT2D eigenvalue weighted by molar-refractivity contribution is 0.0600. The van der Waals surface area contributed by atoms with E-state index in [4.69, 9.17) is 4.74 Å². The van der Waals surface area contributed by atoms with E-state index in [0.717, 1.165) is 5.69 Å². The van der Waals surface area contributed by atoms with Gasteiger partial charge in [-0.3, -0.25) is 4.98 Å². The number of hydrogen-bond donors (Lipinski definition) is 1. The molecule has 0 aliphatic carbocycles. The number of carbonyl (C=O) groups excluding carboxylic acids is 1. The third-order valence-corrected chi connectivity index (χ3v) is 2.51. The molecule has 0 radical (unpaired) electrons. The maximum atomic E-state index is 11.4. The van der Waals surface area contributed by atoms with Crippen molar-refractivity contribution in [2.24, 2.45) is 0 Å². The van der Waals surface area contributed by atoms with Crippen molar-refractivity contribution in [3.63, 3.8) is 0 Å². The molecule has 0 amide bonds. The number of aromatic nitrogens is 1. The van der Waals surface area contributed by atoms with E-state index in [0.29, 0.717) is 17.1 Å². The van der Waals surface area contributed by atoms with Crippen LogP contribution < -0.4 is 10.1 Å². The average molecular weight is 258 g/mol. The summed E-state index contributed by atoms with van der Waals surface area (Å²) in [6.07, 6.45) is 2.97. The van der Waals surface area contributed by atoms with E-state index in [1.165, 1.54) is 13.3 Å². The number of nitrogens with one attached hydrogen (secondary N) is 1. The Morgan fingerprint density at radius 3 is 2.53 bits per heavy atom. The second kappa shape index (κ2) is 5.86. The van der Waals surface area contributed by atoms with E-state index in [-0.39, 0.29) is 0 Å². The van der Waals surface area contributed by atoms with Crippen LogP contribution in [0, 0.1) is 0 Å². The monoisotopic (exact) mass is 258 g/mol. The van der Waals surface area contributed by atoms with Crippen molar-refractivity contribution in [3.8, 4) is 11.5 Å². The number of hydrogen-bond acceptors (Lipinski definition) is 5. The number of rotatable bonds is 4. The van der Waals surface area contributed by atoms with Crippen LogP contribution in [0.25, 0.3) is 0 Å². The van der Waals surface area contributed by atoms with Crippen molar-refractivity contribution < 1.29 is 14.3 Å². The van der Waals surface area contributed by atoms with Gasteiger partial charge in [0.15, 0.2) is 0 Å². The van der Waals surface area contributed by atoms with E-state index in [2.05, 4.69) is 15.0 Å². The first-order valence-corrected chi connectivity index (χ1v) is 5.72. The van der Waals surface area contributed by atoms with Crippen LogP contribution in [-0.2, 0) is 4.74 Å². The highest BCUT2D eigenvalue weighted by Crippen LogP contribution is 2.23. The number of pyridine rings is 1. The highest BCUT2D eigenvalue weighted by atomic mass is 16.5. The topological polar surface area (TPSA) is 60.5 Å². The molecule has 0 saturated heterocycles. The number of ether oxygens (including phenoxy) is 2. The van der Waals surface area contributed by atoms with Gasteiger partial charge in [0, 0.05) is 18.9 Å². The third-order valence-electron chi connectivity index (χ3n) is 2.51. The van der Waals surface area contributed by atoms with Gasteiger partial charge in [-0.1, -0.05) is 0 Å². The quantitative estimate of drug-likeness (QED) is 0.854. The summed E-state index contributed by atoms with van der Waals surface area (Å²) in [4.78, 5) is 15.3. The molecule has 0 spiro atoms. The molecule has 0 aliphatic heterocycles. The first kappa shape index (κ1) is 12.9. The number of esters is 1. The molecule has 0 saturated carbocycles. The van der Waals surface area contributed by atoms with Gasteiger partial charge in [-0.2, -0.15) is 0 Å². The fourth-order valence-corrected chi connectivity index (χ4v) is 1.53. The summed E-state index contributed by atoms with van der Waals surface area (Å²) in [5.41, 5.74) is 1.35. The molecule has 5 nitrogen and oxygen atoms in total. The minimum absolute atomic E-state index is 0.354. The lowest BCUT2D eigenvalue weighted by atomic mass is 10.3. The van der Waals surface area contributed by atoms with Gasteiger partial charge in [-0.25, -0.2) is 4.79 Å². The Bertz CT molecular complexity index is 567. The maximum Gasteiger partial charge on any atom is 0.339 e. The van der Waals surface area contributed by atoms with E-state index in [1.807, 2.05) is 31.3 Å². The fraction of sp³-hybridized carbons (Fsp3) is 0.143. The molecule has 1 aromatic heterocycles. The van der Waals surface area contributed by atoms with Crippen LogP contribution in [0.5, 0.6) is 11.5 Å². The zero-order chi connectivity index (χ0) is 13.7. The Morgan fingerprint density at radius 1 is 1.16 bits per heavy atom. The SMILES string of the molecule is CNc1ccc(Oc2cncc(C(=O)OC)c2)cc1. The van der Waals surface area contributed by atoms with Crippen LogP contribution in [-0.4, -0.2) is 25.1 Å². The average Bonchev–Trinajstić information content (AvgIpc) is 2.47. The molecule has 0 aliphatic rings. The number of methoxy groups -OCH3 is 1. The fourth-order valence-electron chi connectivity index (χ4n) is 1.53. The van der Waals surface area contributed by atoms with Crippen LogP contribution in [0.15, 0.2) is 42.7 Å². The molecule has 98 valence electrons. The number of anilines is 1. The number of carbonyl (C=O) groups is 1. The summed E-state index contributed by atoms with van der Waals surface area (Å²) >= 11 is 0. The summed E-state index contributed by atoms with van der Waals surface area (Å²) in [6.45, 7) is 0. The Balaban J connectivity index is 2.16. The standard InChI is InChI=1S/C14H14N2O3/c1-15-11-3-5-12(6-4-11)19-13-7-10(8-16-9-13)14(17)18-2/h3-9,15H,1-2H3. The summed E-state index contributed by atoms with van der Waals surface area (Å²) in [5.74, 6) is 0.714. The lowest BCUT2D eigenvalue weighted by Crippen LogP contribution is -2.01. The van der Waals surface area contributed by atoms with Crippen molar-refractivity contribution >= 4 is 11.7 Å². The predicted octanol–water partition coefficient (Wildman–Crippen LogP) is 2.70. The van der Waals surface area contributed by atoms with E-state index >= 15 is 0 Å². The Hall–Kier alpha value is -2.56. The maximum absolute atomic E-state index is 11.4. The van der Waals surface area contributed by atoms with Crippen LogP contribution >= 0.6 is 0 Å². The zero-order valence-corrected chi connectivity index (χ0v) is 10.7. The second-order valence-electron chi connectivity index (χ2n) is 3.78. The molecule has 0 bridgehead atoms. The molecule has 2 rings (SSSR count). The Kier molecular flexibility index (Phi) is 3.97. The van der Waals surface area contributed by atoms with Crippen LogP contribution in [0.3, 0.4) is 0 Å². The second-order valence-corrected chi connectivity index (χ2v) is 3.78. The smallest absolute Gasteiger partial charge is 0.339 e. The van der Waals surface area contributed by atoms with Gasteiger partial charge >= 0.3 is 5.97 Å².